The molecule has 0 aliphatic carbocycles. The van der Waals surface area contributed by atoms with Crippen LogP contribution in [0.2, 0.25) is 0 Å². The fourth-order valence-electron chi connectivity index (χ4n) is 1.61. The van der Waals surface area contributed by atoms with Crippen LogP contribution in [0.3, 0.4) is 0 Å². The number of ether oxygens (including phenoxy) is 1. The van der Waals surface area contributed by atoms with Crippen molar-refractivity contribution in [2.45, 2.75) is 12.2 Å². The van der Waals surface area contributed by atoms with Gasteiger partial charge in [-0.05, 0) is 17.7 Å². The SMILES string of the molecule is O=C1O[C@H]([C@H](O)c2ccc([N+](=O)[O-])cc2)C(Cl)=C1Cl. The van der Waals surface area contributed by atoms with Gasteiger partial charge in [-0.3, -0.25) is 10.1 Å². The molecule has 0 unspecified atom stereocenters. The number of nitrogens with zero attached hydrogens (tertiary/aromatic N) is 1. The van der Waals surface area contributed by atoms with Crippen LogP contribution in [0, 0.1) is 10.1 Å². The van der Waals surface area contributed by atoms with Crippen molar-refractivity contribution in [3.8, 4) is 0 Å². The summed E-state index contributed by atoms with van der Waals surface area (Å²) >= 11 is 11.4. The van der Waals surface area contributed by atoms with Crippen LogP contribution >= 0.6 is 23.2 Å². The van der Waals surface area contributed by atoms with Crippen molar-refractivity contribution < 1.29 is 19.6 Å². The summed E-state index contributed by atoms with van der Waals surface area (Å²) in [4.78, 5) is 21.1. The Balaban J connectivity index is 2.23. The summed E-state index contributed by atoms with van der Waals surface area (Å²) in [7, 11) is 0. The molecule has 1 aliphatic heterocycles. The van der Waals surface area contributed by atoms with Gasteiger partial charge < -0.3 is 9.84 Å². The van der Waals surface area contributed by atoms with Gasteiger partial charge in [0.25, 0.3) is 5.69 Å². The Morgan fingerprint density at radius 2 is 1.89 bits per heavy atom. The Hall–Kier alpha value is -1.63. The zero-order chi connectivity index (χ0) is 14.2. The molecule has 0 saturated heterocycles. The molecule has 0 amide bonds. The number of rotatable bonds is 3. The van der Waals surface area contributed by atoms with Crippen LogP contribution in [0.1, 0.15) is 11.7 Å². The number of benzene rings is 1. The number of aliphatic hydroxyl groups is 1. The van der Waals surface area contributed by atoms with Crippen LogP contribution in [0.4, 0.5) is 5.69 Å². The van der Waals surface area contributed by atoms with Gasteiger partial charge in [-0.2, -0.15) is 0 Å². The largest absolute Gasteiger partial charge is 0.449 e. The number of aliphatic hydroxyl groups excluding tert-OH is 1. The van der Waals surface area contributed by atoms with E-state index in [1.54, 1.807) is 0 Å². The molecule has 0 spiro atoms. The Morgan fingerprint density at radius 3 is 2.32 bits per heavy atom. The summed E-state index contributed by atoms with van der Waals surface area (Å²) in [6.07, 6.45) is -2.34. The molecule has 8 heteroatoms. The van der Waals surface area contributed by atoms with E-state index in [9.17, 15) is 20.0 Å². The Kier molecular flexibility index (Phi) is 3.75. The standard InChI is InChI=1S/C11H7Cl2NO5/c12-7-8(13)11(16)19-10(7)9(15)5-1-3-6(4-2-5)14(17)18/h1-4,9-10,15H/t9-,10+/m1/s1. The molecule has 6 nitrogen and oxygen atoms in total. The minimum absolute atomic E-state index is 0.0856. The predicted molar refractivity (Wildman–Crippen MR) is 66.7 cm³/mol. The van der Waals surface area contributed by atoms with Gasteiger partial charge in [0.1, 0.15) is 11.1 Å². The van der Waals surface area contributed by atoms with Crippen molar-refractivity contribution in [2.75, 3.05) is 0 Å². The first-order valence-corrected chi connectivity index (χ1v) is 5.86. The van der Waals surface area contributed by atoms with E-state index in [0.717, 1.165) is 0 Å². The molecule has 0 aromatic heterocycles. The van der Waals surface area contributed by atoms with Gasteiger partial charge in [0, 0.05) is 12.1 Å². The molecule has 1 N–H and O–H groups in total. The lowest BCUT2D eigenvalue weighted by Gasteiger charge is -2.17. The smallest absolute Gasteiger partial charge is 0.351 e. The van der Waals surface area contributed by atoms with Crippen molar-refractivity contribution in [3.05, 3.63) is 50.0 Å². The van der Waals surface area contributed by atoms with Gasteiger partial charge in [-0.25, -0.2) is 4.79 Å². The van der Waals surface area contributed by atoms with E-state index in [4.69, 9.17) is 27.9 Å². The van der Waals surface area contributed by atoms with Gasteiger partial charge in [0.05, 0.1) is 9.96 Å². The van der Waals surface area contributed by atoms with E-state index >= 15 is 0 Å². The maximum Gasteiger partial charge on any atom is 0.351 e. The van der Waals surface area contributed by atoms with Crippen molar-refractivity contribution in [1.29, 1.82) is 0 Å². The highest BCUT2D eigenvalue weighted by Gasteiger charge is 2.37. The van der Waals surface area contributed by atoms with Crippen molar-refractivity contribution >= 4 is 34.9 Å². The van der Waals surface area contributed by atoms with Gasteiger partial charge in [-0.1, -0.05) is 23.2 Å². The lowest BCUT2D eigenvalue weighted by molar-refractivity contribution is -0.384. The summed E-state index contributed by atoms with van der Waals surface area (Å²) in [5.74, 6) is -0.808. The second kappa shape index (κ2) is 5.16. The molecule has 19 heavy (non-hydrogen) atoms. The van der Waals surface area contributed by atoms with Crippen LogP contribution in [0.5, 0.6) is 0 Å². The second-order valence-corrected chi connectivity index (χ2v) is 4.57. The topological polar surface area (TPSA) is 89.7 Å². The fourth-order valence-corrected chi connectivity index (χ4v) is 2.01. The molecule has 1 aromatic rings. The van der Waals surface area contributed by atoms with E-state index in [-0.39, 0.29) is 15.8 Å². The Labute approximate surface area is 117 Å². The first-order chi connectivity index (χ1) is 8.91. The van der Waals surface area contributed by atoms with Gasteiger partial charge >= 0.3 is 5.97 Å². The molecule has 2 atom stereocenters. The van der Waals surface area contributed by atoms with E-state index in [1.165, 1.54) is 24.3 Å². The maximum atomic E-state index is 11.2. The first kappa shape index (κ1) is 13.8. The lowest BCUT2D eigenvalue weighted by atomic mass is 10.0. The Bertz CT molecular complexity index is 569. The number of carbonyl (C=O) groups excluding carboxylic acids is 1. The second-order valence-electron chi connectivity index (χ2n) is 3.78. The quantitative estimate of drug-likeness (QED) is 0.525. The Morgan fingerprint density at radius 1 is 1.32 bits per heavy atom. The zero-order valence-corrected chi connectivity index (χ0v) is 10.8. The fraction of sp³-hybridized carbons (Fsp3) is 0.182. The highest BCUT2D eigenvalue weighted by atomic mass is 35.5. The molecule has 2 rings (SSSR count). The van der Waals surface area contributed by atoms with E-state index < -0.39 is 23.1 Å². The van der Waals surface area contributed by atoms with Gasteiger partial charge in [0.2, 0.25) is 0 Å². The van der Waals surface area contributed by atoms with Crippen LogP contribution in [-0.2, 0) is 9.53 Å². The number of nitro groups is 1. The molecule has 1 aliphatic rings. The molecule has 0 radical (unpaired) electrons. The summed E-state index contributed by atoms with van der Waals surface area (Å²) < 4.78 is 4.82. The number of non-ortho nitro benzene ring substituents is 1. The average Bonchev–Trinajstić information content (AvgIpc) is 2.66. The predicted octanol–water partition coefficient (Wildman–Crippen LogP) is 2.24. The van der Waals surface area contributed by atoms with Crippen molar-refractivity contribution in [3.63, 3.8) is 0 Å². The van der Waals surface area contributed by atoms with Gasteiger partial charge in [-0.15, -0.1) is 0 Å². The first-order valence-electron chi connectivity index (χ1n) is 5.10. The van der Waals surface area contributed by atoms with E-state index in [1.807, 2.05) is 0 Å². The summed E-state index contributed by atoms with van der Waals surface area (Å²) in [5, 5.41) is 20.2. The van der Waals surface area contributed by atoms with Crippen LogP contribution in [0.15, 0.2) is 34.3 Å². The van der Waals surface area contributed by atoms with Crippen molar-refractivity contribution in [1.82, 2.24) is 0 Å². The lowest BCUT2D eigenvalue weighted by Crippen LogP contribution is -2.20. The molecule has 1 aromatic carbocycles. The minimum Gasteiger partial charge on any atom is -0.449 e. The normalized spacial score (nSPS) is 20.4. The molecule has 1 heterocycles. The van der Waals surface area contributed by atoms with Crippen LogP contribution < -0.4 is 0 Å². The average molecular weight is 304 g/mol. The van der Waals surface area contributed by atoms with E-state index in [0.29, 0.717) is 5.56 Å². The molecule has 0 bridgehead atoms. The van der Waals surface area contributed by atoms with Crippen molar-refractivity contribution in [2.24, 2.45) is 0 Å². The molecule has 100 valence electrons. The van der Waals surface area contributed by atoms with Crippen LogP contribution in [-0.4, -0.2) is 22.1 Å². The van der Waals surface area contributed by atoms with Crippen LogP contribution in [0.25, 0.3) is 0 Å². The summed E-state index contributed by atoms with van der Waals surface area (Å²) in [6, 6.07) is 5.17. The molecule has 0 saturated carbocycles. The number of hydrogen-bond donors (Lipinski definition) is 1. The van der Waals surface area contributed by atoms with E-state index in [2.05, 4.69) is 0 Å². The molecule has 0 fully saturated rings. The maximum absolute atomic E-state index is 11.2. The summed E-state index contributed by atoms with van der Waals surface area (Å²) in [6.45, 7) is 0. The number of carbonyl (C=O) groups is 1. The monoisotopic (exact) mass is 303 g/mol. The minimum atomic E-state index is -1.24. The number of cyclic esters (lactones) is 1. The number of esters is 1. The number of hydrogen-bond acceptors (Lipinski definition) is 5. The highest BCUT2D eigenvalue weighted by Crippen LogP contribution is 2.36. The highest BCUT2D eigenvalue weighted by molar-refractivity contribution is 6.48. The number of halogens is 2. The number of nitro benzene ring substituents is 1. The van der Waals surface area contributed by atoms with Gasteiger partial charge in [0.15, 0.2) is 6.10 Å². The third-order valence-electron chi connectivity index (χ3n) is 2.60. The molecular weight excluding hydrogens is 297 g/mol. The third kappa shape index (κ3) is 2.56. The third-order valence-corrected chi connectivity index (χ3v) is 3.46. The molecular formula is C11H7Cl2NO5. The summed E-state index contributed by atoms with van der Waals surface area (Å²) in [5.41, 5.74) is 0.215. The zero-order valence-electron chi connectivity index (χ0n) is 9.25.